The predicted molar refractivity (Wildman–Crippen MR) is 80.4 cm³/mol. The standard InChI is InChI=1S/C17H16F3NO3/c1-2-23-9-13-15(22)14(16(24-13)21-12-6-7-12)10-4-3-5-11(8-10)17(18,19)20/h3-5,8-9,12,14H,2,6-7H2,1H3. The van der Waals surface area contributed by atoms with E-state index in [1.165, 1.54) is 18.4 Å². The van der Waals surface area contributed by atoms with Gasteiger partial charge in [-0.05, 0) is 31.4 Å². The number of carbonyl (C=O) groups is 1. The second kappa shape index (κ2) is 6.30. The summed E-state index contributed by atoms with van der Waals surface area (Å²) in [6, 6.07) is 4.78. The van der Waals surface area contributed by atoms with E-state index in [2.05, 4.69) is 4.99 Å². The number of Topliss-reactive ketones (excluding diaryl/α,β-unsaturated/α-hetero) is 1. The zero-order valence-corrected chi connectivity index (χ0v) is 13.0. The Kier molecular flexibility index (Phi) is 4.34. The lowest BCUT2D eigenvalue weighted by atomic mass is 9.94. The first kappa shape index (κ1) is 16.5. The SMILES string of the molecule is CCOC=C1OC(=NC2CC2)C(c2cccc(C(F)(F)F)c2)C1=O. The van der Waals surface area contributed by atoms with Crippen LogP contribution in [-0.4, -0.2) is 24.3 Å². The molecule has 0 radical (unpaired) electrons. The maximum Gasteiger partial charge on any atom is 0.416 e. The molecule has 0 N–H and O–H groups in total. The Balaban J connectivity index is 1.98. The zero-order chi connectivity index (χ0) is 17.3. The lowest BCUT2D eigenvalue weighted by Gasteiger charge is -2.11. The number of aliphatic imine (C=N–C) groups is 1. The highest BCUT2D eigenvalue weighted by atomic mass is 19.4. The molecule has 128 valence electrons. The summed E-state index contributed by atoms with van der Waals surface area (Å²) >= 11 is 0. The molecule has 1 saturated carbocycles. The van der Waals surface area contributed by atoms with Crippen LogP contribution in [0.2, 0.25) is 0 Å². The largest absolute Gasteiger partial charge is 0.497 e. The van der Waals surface area contributed by atoms with E-state index in [4.69, 9.17) is 9.47 Å². The monoisotopic (exact) mass is 339 g/mol. The van der Waals surface area contributed by atoms with E-state index in [9.17, 15) is 18.0 Å². The second-order valence-corrected chi connectivity index (χ2v) is 5.66. The van der Waals surface area contributed by atoms with E-state index in [1.807, 2.05) is 0 Å². The predicted octanol–water partition coefficient (Wildman–Crippen LogP) is 3.83. The number of nitrogens with zero attached hydrogens (tertiary/aromatic N) is 1. The van der Waals surface area contributed by atoms with Crippen LogP contribution in [0.3, 0.4) is 0 Å². The first-order chi connectivity index (χ1) is 11.4. The Morgan fingerprint density at radius 2 is 2.12 bits per heavy atom. The molecule has 1 aromatic carbocycles. The molecule has 1 aliphatic heterocycles. The number of hydrogen-bond acceptors (Lipinski definition) is 4. The van der Waals surface area contributed by atoms with Crippen molar-refractivity contribution in [1.29, 1.82) is 0 Å². The van der Waals surface area contributed by atoms with Gasteiger partial charge in [0.1, 0.15) is 12.2 Å². The molecule has 0 amide bonds. The van der Waals surface area contributed by atoms with Crippen LogP contribution in [0.1, 0.15) is 36.8 Å². The van der Waals surface area contributed by atoms with E-state index in [0.29, 0.717) is 6.61 Å². The van der Waals surface area contributed by atoms with Crippen LogP contribution in [0.5, 0.6) is 0 Å². The third-order valence-corrected chi connectivity index (χ3v) is 3.73. The Hall–Kier alpha value is -2.31. The minimum atomic E-state index is -4.48. The van der Waals surface area contributed by atoms with Gasteiger partial charge in [-0.3, -0.25) is 9.79 Å². The smallest absolute Gasteiger partial charge is 0.416 e. The van der Waals surface area contributed by atoms with E-state index in [-0.39, 0.29) is 23.3 Å². The number of allylic oxidation sites excluding steroid dienone is 1. The van der Waals surface area contributed by atoms with Crippen molar-refractivity contribution in [2.24, 2.45) is 4.99 Å². The number of alkyl halides is 3. The number of carbonyl (C=O) groups excluding carboxylic acids is 1. The Labute approximate surface area is 137 Å². The van der Waals surface area contributed by atoms with E-state index < -0.39 is 23.4 Å². The third-order valence-electron chi connectivity index (χ3n) is 3.73. The van der Waals surface area contributed by atoms with Crippen LogP contribution >= 0.6 is 0 Å². The summed E-state index contributed by atoms with van der Waals surface area (Å²) in [6.45, 7) is 2.10. The van der Waals surface area contributed by atoms with Crippen molar-refractivity contribution in [2.45, 2.75) is 37.9 Å². The van der Waals surface area contributed by atoms with Gasteiger partial charge in [0.05, 0.1) is 18.2 Å². The molecular weight excluding hydrogens is 323 g/mol. The van der Waals surface area contributed by atoms with Gasteiger partial charge in [0.2, 0.25) is 17.4 Å². The van der Waals surface area contributed by atoms with Crippen molar-refractivity contribution < 1.29 is 27.4 Å². The molecule has 4 nitrogen and oxygen atoms in total. The first-order valence-electron chi connectivity index (χ1n) is 7.69. The van der Waals surface area contributed by atoms with Crippen molar-refractivity contribution in [1.82, 2.24) is 0 Å². The van der Waals surface area contributed by atoms with Crippen LogP contribution in [0.4, 0.5) is 13.2 Å². The highest BCUT2D eigenvalue weighted by Crippen LogP contribution is 2.37. The van der Waals surface area contributed by atoms with Gasteiger partial charge in [-0.15, -0.1) is 0 Å². The van der Waals surface area contributed by atoms with Crippen molar-refractivity contribution >= 4 is 11.7 Å². The number of benzene rings is 1. The lowest BCUT2D eigenvalue weighted by molar-refractivity contribution is -0.137. The number of rotatable bonds is 4. The summed E-state index contributed by atoms with van der Waals surface area (Å²) in [4.78, 5) is 16.9. The van der Waals surface area contributed by atoms with Crippen molar-refractivity contribution in [3.05, 3.63) is 47.4 Å². The maximum absolute atomic E-state index is 12.9. The van der Waals surface area contributed by atoms with Crippen LogP contribution in [-0.2, 0) is 20.4 Å². The normalized spacial score (nSPS) is 24.5. The van der Waals surface area contributed by atoms with Crippen LogP contribution in [0, 0.1) is 0 Å². The van der Waals surface area contributed by atoms with Gasteiger partial charge in [0, 0.05) is 0 Å². The molecule has 7 heteroatoms. The average Bonchev–Trinajstić information content (AvgIpc) is 3.29. The molecule has 1 aromatic rings. The highest BCUT2D eigenvalue weighted by Gasteiger charge is 2.42. The maximum atomic E-state index is 12.9. The molecule has 0 bridgehead atoms. The summed E-state index contributed by atoms with van der Waals surface area (Å²) < 4.78 is 49.4. The minimum absolute atomic E-state index is 0.0290. The molecule has 3 rings (SSSR count). The molecule has 24 heavy (non-hydrogen) atoms. The van der Waals surface area contributed by atoms with Crippen LogP contribution in [0.25, 0.3) is 0 Å². The fourth-order valence-electron chi connectivity index (χ4n) is 2.39. The summed E-state index contributed by atoms with van der Waals surface area (Å²) in [6.07, 6.45) is -1.50. The summed E-state index contributed by atoms with van der Waals surface area (Å²) in [5.74, 6) is -1.28. The highest BCUT2D eigenvalue weighted by molar-refractivity contribution is 6.19. The van der Waals surface area contributed by atoms with Crippen molar-refractivity contribution in [2.75, 3.05) is 6.61 Å². The molecule has 1 atom stereocenters. The van der Waals surface area contributed by atoms with E-state index >= 15 is 0 Å². The zero-order valence-electron chi connectivity index (χ0n) is 13.0. The molecule has 0 spiro atoms. The summed E-state index contributed by atoms with van der Waals surface area (Å²) in [5.41, 5.74) is -0.588. The van der Waals surface area contributed by atoms with Crippen LogP contribution < -0.4 is 0 Å². The topological polar surface area (TPSA) is 47.9 Å². The molecule has 1 aliphatic carbocycles. The Bertz CT molecular complexity index is 705. The fraction of sp³-hybridized carbons (Fsp3) is 0.412. The summed E-state index contributed by atoms with van der Waals surface area (Å²) in [5, 5.41) is 0. The Morgan fingerprint density at radius 1 is 1.38 bits per heavy atom. The third kappa shape index (κ3) is 3.44. The lowest BCUT2D eigenvalue weighted by Crippen LogP contribution is -2.15. The van der Waals surface area contributed by atoms with Gasteiger partial charge in [0.15, 0.2) is 0 Å². The van der Waals surface area contributed by atoms with Gasteiger partial charge >= 0.3 is 6.18 Å². The van der Waals surface area contributed by atoms with Gasteiger partial charge in [-0.1, -0.05) is 18.2 Å². The first-order valence-corrected chi connectivity index (χ1v) is 7.69. The number of ether oxygens (including phenoxy) is 2. The minimum Gasteiger partial charge on any atom is -0.497 e. The van der Waals surface area contributed by atoms with Crippen molar-refractivity contribution in [3.63, 3.8) is 0 Å². The molecule has 2 aliphatic rings. The van der Waals surface area contributed by atoms with Crippen molar-refractivity contribution in [3.8, 4) is 0 Å². The fourth-order valence-corrected chi connectivity index (χ4v) is 2.39. The van der Waals surface area contributed by atoms with E-state index in [1.54, 1.807) is 6.92 Å². The molecule has 0 aromatic heterocycles. The van der Waals surface area contributed by atoms with Gasteiger partial charge in [-0.25, -0.2) is 0 Å². The molecule has 1 heterocycles. The number of halogens is 3. The molecule has 1 unspecified atom stereocenters. The second-order valence-electron chi connectivity index (χ2n) is 5.66. The summed E-state index contributed by atoms with van der Waals surface area (Å²) in [7, 11) is 0. The molecular formula is C17H16F3NO3. The molecule has 2 fully saturated rings. The van der Waals surface area contributed by atoms with Gasteiger partial charge in [-0.2, -0.15) is 13.2 Å². The number of hydrogen-bond donors (Lipinski definition) is 0. The Morgan fingerprint density at radius 3 is 2.75 bits per heavy atom. The molecule has 1 saturated heterocycles. The van der Waals surface area contributed by atoms with Gasteiger partial charge in [0.25, 0.3) is 0 Å². The quantitative estimate of drug-likeness (QED) is 0.619. The number of ketones is 1. The van der Waals surface area contributed by atoms with E-state index in [0.717, 1.165) is 25.0 Å². The van der Waals surface area contributed by atoms with Crippen LogP contribution in [0.15, 0.2) is 41.3 Å². The average molecular weight is 339 g/mol. The van der Waals surface area contributed by atoms with Gasteiger partial charge < -0.3 is 9.47 Å².